The van der Waals surface area contributed by atoms with E-state index in [2.05, 4.69) is 27.3 Å². The number of pyridine rings is 1. The Hall–Kier alpha value is -1.40. The number of likely N-dealkylation sites (tertiary alicyclic amines) is 1. The van der Waals surface area contributed by atoms with Gasteiger partial charge in [0.05, 0.1) is 10.2 Å². The van der Waals surface area contributed by atoms with Gasteiger partial charge in [0.2, 0.25) is 0 Å². The summed E-state index contributed by atoms with van der Waals surface area (Å²) in [6.07, 6.45) is 13.0. The monoisotopic (exact) mass is 502 g/mol. The summed E-state index contributed by atoms with van der Waals surface area (Å²) in [4.78, 5) is 12.3. The molecule has 2 aromatic heterocycles. The Morgan fingerprint density at radius 1 is 1.09 bits per heavy atom. The molecule has 2 bridgehead atoms. The van der Waals surface area contributed by atoms with Crippen LogP contribution in [0.2, 0.25) is 0 Å². The summed E-state index contributed by atoms with van der Waals surface area (Å²) in [6.45, 7) is 2.66. The number of thiazole rings is 1. The predicted octanol–water partition coefficient (Wildman–Crippen LogP) is 6.75. The minimum atomic E-state index is 0. The molecule has 0 spiro atoms. The zero-order chi connectivity index (χ0) is 20.4. The van der Waals surface area contributed by atoms with Gasteiger partial charge in [0.25, 0.3) is 0 Å². The second kappa shape index (κ2) is 8.99. The fourth-order valence-corrected chi connectivity index (χ4v) is 7.89. The first-order valence-corrected chi connectivity index (χ1v) is 13.0. The van der Waals surface area contributed by atoms with Gasteiger partial charge in [-0.05, 0) is 92.3 Å². The highest BCUT2D eigenvalue weighted by Crippen LogP contribution is 2.56. The molecule has 7 heteroatoms. The summed E-state index contributed by atoms with van der Waals surface area (Å²) < 4.78 is 1.31. The standard InChI is InChI=1S/C26H30N4S.2ClH/c1-3-9-26-10-12-30(16-17-7-8-17)22(19(26)5-1)13-18-14-23-21(15-20(18)26)28-25(31-23)29-24-6-2-4-11-27-24;;/h2,4,6,11,14-15,17,19,22H,1,3,5,7-10,12-13,16H2,(H,27,28,29);2*1H/t19-,22+,26+;;/m0../s1. The molecule has 0 amide bonds. The van der Waals surface area contributed by atoms with Crippen molar-refractivity contribution >= 4 is 57.3 Å². The highest BCUT2D eigenvalue weighted by atomic mass is 35.5. The molecule has 2 saturated carbocycles. The summed E-state index contributed by atoms with van der Waals surface area (Å²) in [5.74, 6) is 2.70. The lowest BCUT2D eigenvalue weighted by Crippen LogP contribution is -2.61. The molecule has 1 aliphatic heterocycles. The second-order valence-electron chi connectivity index (χ2n) is 10.3. The summed E-state index contributed by atoms with van der Waals surface area (Å²) >= 11 is 1.77. The van der Waals surface area contributed by atoms with E-state index in [1.54, 1.807) is 22.5 Å². The number of benzene rings is 1. The topological polar surface area (TPSA) is 41.1 Å². The van der Waals surface area contributed by atoms with Crippen LogP contribution in [0.3, 0.4) is 0 Å². The lowest BCUT2D eigenvalue weighted by Gasteiger charge is -2.59. The van der Waals surface area contributed by atoms with Gasteiger partial charge in [-0.1, -0.05) is 30.2 Å². The van der Waals surface area contributed by atoms with E-state index >= 15 is 0 Å². The van der Waals surface area contributed by atoms with E-state index in [9.17, 15) is 0 Å². The summed E-state index contributed by atoms with van der Waals surface area (Å²) in [5, 5.41) is 4.36. The zero-order valence-electron chi connectivity index (χ0n) is 18.8. The van der Waals surface area contributed by atoms with Gasteiger partial charge < -0.3 is 5.32 Å². The predicted molar refractivity (Wildman–Crippen MR) is 142 cm³/mol. The van der Waals surface area contributed by atoms with Gasteiger partial charge >= 0.3 is 0 Å². The van der Waals surface area contributed by atoms with Gasteiger partial charge in [-0.3, -0.25) is 4.90 Å². The zero-order valence-corrected chi connectivity index (χ0v) is 21.3. The number of anilines is 2. The Bertz CT molecular complexity index is 1130. The number of halogens is 2. The molecule has 33 heavy (non-hydrogen) atoms. The van der Waals surface area contributed by atoms with Crippen molar-refractivity contribution in [3.63, 3.8) is 0 Å². The molecular weight excluding hydrogens is 471 g/mol. The van der Waals surface area contributed by atoms with Crippen molar-refractivity contribution in [1.82, 2.24) is 14.9 Å². The van der Waals surface area contributed by atoms with Crippen LogP contribution in [0.15, 0.2) is 36.5 Å². The third kappa shape index (κ3) is 3.95. The number of rotatable bonds is 4. The van der Waals surface area contributed by atoms with Crippen molar-refractivity contribution in [3.05, 3.63) is 47.7 Å². The third-order valence-electron chi connectivity index (χ3n) is 8.54. The van der Waals surface area contributed by atoms with Gasteiger partial charge in [-0.2, -0.15) is 0 Å². The Balaban J connectivity index is 0.00000114. The second-order valence-corrected chi connectivity index (χ2v) is 11.3. The molecule has 4 aliphatic rings. The van der Waals surface area contributed by atoms with E-state index in [1.807, 2.05) is 24.4 Å². The van der Waals surface area contributed by atoms with Crippen molar-refractivity contribution < 1.29 is 0 Å². The van der Waals surface area contributed by atoms with Gasteiger partial charge in [-0.15, -0.1) is 24.8 Å². The molecule has 0 unspecified atom stereocenters. The molecule has 0 radical (unpaired) electrons. The smallest absolute Gasteiger partial charge is 0.189 e. The van der Waals surface area contributed by atoms with Gasteiger partial charge in [0, 0.05) is 24.2 Å². The van der Waals surface area contributed by atoms with Crippen LogP contribution in [0.4, 0.5) is 10.9 Å². The number of piperidine rings is 1. The lowest BCUT2D eigenvalue weighted by molar-refractivity contribution is -0.0132. The van der Waals surface area contributed by atoms with E-state index in [0.29, 0.717) is 5.41 Å². The molecule has 4 nitrogen and oxygen atoms in total. The Morgan fingerprint density at radius 2 is 2.00 bits per heavy atom. The Labute approximate surface area is 212 Å². The summed E-state index contributed by atoms with van der Waals surface area (Å²) in [6, 6.07) is 11.7. The molecule has 176 valence electrons. The normalized spacial score (nSPS) is 28.2. The van der Waals surface area contributed by atoms with Crippen molar-refractivity contribution in [2.75, 3.05) is 18.4 Å². The van der Waals surface area contributed by atoms with Crippen LogP contribution in [-0.2, 0) is 11.8 Å². The van der Waals surface area contributed by atoms with Gasteiger partial charge in [0.15, 0.2) is 5.13 Å². The quantitative estimate of drug-likeness (QED) is 0.428. The molecule has 3 atom stereocenters. The minimum Gasteiger partial charge on any atom is -0.316 e. The van der Waals surface area contributed by atoms with E-state index in [4.69, 9.17) is 4.98 Å². The number of hydrogen-bond donors (Lipinski definition) is 1. The van der Waals surface area contributed by atoms with Crippen LogP contribution >= 0.6 is 36.2 Å². The number of fused-ring (bicyclic) bond motifs is 2. The van der Waals surface area contributed by atoms with Crippen molar-refractivity contribution in [2.24, 2.45) is 11.8 Å². The average Bonchev–Trinajstić information content (AvgIpc) is 3.53. The maximum absolute atomic E-state index is 4.98. The van der Waals surface area contributed by atoms with Gasteiger partial charge in [-0.25, -0.2) is 9.97 Å². The SMILES string of the molecule is Cl.Cl.c1ccc(Nc2nc3cc4c(cc3s2)C[C@@H]2[C@@H]3CCCC[C@]43CCN2CC2CC2)nc1. The van der Waals surface area contributed by atoms with Crippen LogP contribution in [0.1, 0.15) is 56.1 Å². The minimum absolute atomic E-state index is 0. The van der Waals surface area contributed by atoms with Crippen LogP contribution in [0, 0.1) is 11.8 Å². The van der Waals surface area contributed by atoms with E-state index in [0.717, 1.165) is 28.8 Å². The summed E-state index contributed by atoms with van der Waals surface area (Å²) in [5.41, 5.74) is 4.84. The van der Waals surface area contributed by atoms with Crippen molar-refractivity contribution in [1.29, 1.82) is 0 Å². The molecule has 3 heterocycles. The number of nitrogens with one attached hydrogen (secondary N) is 1. The highest BCUT2D eigenvalue weighted by molar-refractivity contribution is 7.22. The molecule has 3 aromatic rings. The molecule has 3 aliphatic carbocycles. The first-order valence-electron chi connectivity index (χ1n) is 12.1. The molecule has 3 fully saturated rings. The van der Waals surface area contributed by atoms with Crippen LogP contribution in [0.5, 0.6) is 0 Å². The van der Waals surface area contributed by atoms with Crippen LogP contribution in [-0.4, -0.2) is 34.0 Å². The molecule has 1 saturated heterocycles. The molecule has 1 N–H and O–H groups in total. The average molecular weight is 504 g/mol. The fourth-order valence-electron chi connectivity index (χ4n) is 6.97. The van der Waals surface area contributed by atoms with E-state index in [-0.39, 0.29) is 24.8 Å². The lowest BCUT2D eigenvalue weighted by atomic mass is 9.52. The molecular formula is C26H32Cl2N4S. The van der Waals surface area contributed by atoms with E-state index < -0.39 is 0 Å². The fraction of sp³-hybridized carbons (Fsp3) is 0.538. The first-order chi connectivity index (χ1) is 15.3. The van der Waals surface area contributed by atoms with Crippen LogP contribution in [0.25, 0.3) is 10.2 Å². The largest absolute Gasteiger partial charge is 0.316 e. The van der Waals surface area contributed by atoms with Crippen molar-refractivity contribution in [2.45, 2.75) is 62.8 Å². The number of hydrogen-bond acceptors (Lipinski definition) is 5. The third-order valence-corrected chi connectivity index (χ3v) is 9.48. The number of aromatic nitrogens is 2. The van der Waals surface area contributed by atoms with Gasteiger partial charge in [0.1, 0.15) is 5.82 Å². The number of nitrogens with zero attached hydrogens (tertiary/aromatic N) is 3. The first kappa shape index (κ1) is 23.3. The molecule has 7 rings (SSSR count). The maximum atomic E-state index is 4.98. The summed E-state index contributed by atoms with van der Waals surface area (Å²) in [7, 11) is 0. The molecule has 1 aromatic carbocycles. The Kier molecular flexibility index (Phi) is 6.36. The maximum Gasteiger partial charge on any atom is 0.189 e. The van der Waals surface area contributed by atoms with Crippen LogP contribution < -0.4 is 5.32 Å². The van der Waals surface area contributed by atoms with Crippen molar-refractivity contribution in [3.8, 4) is 0 Å². The Morgan fingerprint density at radius 3 is 2.82 bits per heavy atom. The highest BCUT2D eigenvalue weighted by Gasteiger charge is 2.54. The van der Waals surface area contributed by atoms with E-state index in [1.165, 1.54) is 74.7 Å².